The molecule has 2 aliphatic rings. The summed E-state index contributed by atoms with van der Waals surface area (Å²) in [6, 6.07) is 64.5. The van der Waals surface area contributed by atoms with Crippen LogP contribution in [0.3, 0.4) is 0 Å². The second kappa shape index (κ2) is 9.64. The van der Waals surface area contributed by atoms with Gasteiger partial charge < -0.3 is 9.13 Å². The summed E-state index contributed by atoms with van der Waals surface area (Å²) >= 11 is 0. The molecule has 4 heterocycles. The lowest BCUT2D eigenvalue weighted by molar-refractivity contribution is 0.658. The third kappa shape index (κ3) is 3.17. The van der Waals surface area contributed by atoms with Crippen LogP contribution >= 0.6 is 0 Å². The predicted octanol–water partition coefficient (Wildman–Crippen LogP) is 12.2. The fraction of sp³-hybridized carbons (Fsp3) is 0. The summed E-state index contributed by atoms with van der Waals surface area (Å²) in [6.45, 7) is 0. The van der Waals surface area contributed by atoms with E-state index < -0.39 is 9.07 Å². The first-order chi connectivity index (χ1) is 25.6. The van der Waals surface area contributed by atoms with Crippen LogP contribution in [-0.4, -0.2) is 13.3 Å². The highest BCUT2D eigenvalue weighted by molar-refractivity contribution is 8.21. The number of hydrogen-bond donors (Lipinski definition) is 0. The van der Waals surface area contributed by atoms with Crippen LogP contribution in [-0.2, 0) is 9.07 Å². The smallest absolute Gasteiger partial charge is 0.0541 e. The van der Waals surface area contributed by atoms with Crippen molar-refractivity contribution in [1.29, 1.82) is 0 Å². The highest BCUT2D eigenvalue weighted by atomic mass is 32.3. The van der Waals surface area contributed by atoms with Gasteiger partial charge in [0, 0.05) is 72.7 Å². The first kappa shape index (κ1) is 28.2. The normalized spacial score (nSPS) is 15.4. The maximum Gasteiger partial charge on any atom is 0.0541 e. The van der Waals surface area contributed by atoms with E-state index in [2.05, 4.69) is 179 Å². The maximum atomic E-state index is 17.3. The van der Waals surface area contributed by atoms with Crippen molar-refractivity contribution in [2.45, 2.75) is 19.6 Å². The van der Waals surface area contributed by atoms with E-state index in [1.165, 1.54) is 21.5 Å². The van der Waals surface area contributed by atoms with Crippen molar-refractivity contribution in [1.82, 2.24) is 9.13 Å². The van der Waals surface area contributed by atoms with Crippen LogP contribution in [0, 0.1) is 0 Å². The van der Waals surface area contributed by atoms with Crippen LogP contribution in [0.1, 0.15) is 0 Å². The van der Waals surface area contributed by atoms with Gasteiger partial charge in [0.1, 0.15) is 0 Å². The molecule has 0 atom stereocenters. The van der Waals surface area contributed by atoms with Gasteiger partial charge in [0.05, 0.1) is 22.1 Å². The molecule has 0 saturated heterocycles. The molecule has 0 unspecified atom stereocenters. The molecule has 0 aliphatic carbocycles. The summed E-state index contributed by atoms with van der Waals surface area (Å²) in [5.41, 5.74) is 10.8. The second-order valence-electron chi connectivity index (χ2n) is 14.0. The first-order valence-electron chi connectivity index (χ1n) is 17.8. The molecule has 0 fully saturated rings. The second-order valence-corrected chi connectivity index (χ2v) is 17.7. The Morgan fingerprint density at radius 3 is 1.00 bits per heavy atom. The highest BCUT2D eigenvalue weighted by Gasteiger charge is 2.57. The minimum atomic E-state index is -4.01. The molecule has 2 aliphatic heterocycles. The average molecular weight is 683 g/mol. The SMILES string of the molecule is O=S12(c3ccccc3-c3ccccc31)c1ccc(-n3c4ccccc4c4ccccc43)cc1-c1cc(-n3c4ccccc4c4ccccc43)ccc12. The van der Waals surface area contributed by atoms with E-state index in [0.29, 0.717) is 0 Å². The lowest BCUT2D eigenvalue weighted by atomic mass is 10.0. The zero-order valence-electron chi connectivity index (χ0n) is 28.0. The minimum Gasteiger partial charge on any atom is -0.309 e. The van der Waals surface area contributed by atoms with Crippen LogP contribution in [0.4, 0.5) is 0 Å². The minimum absolute atomic E-state index is 0.883. The van der Waals surface area contributed by atoms with Crippen molar-refractivity contribution < 1.29 is 4.21 Å². The van der Waals surface area contributed by atoms with Gasteiger partial charge in [-0.1, -0.05) is 109 Å². The van der Waals surface area contributed by atoms with Crippen LogP contribution in [0.2, 0.25) is 0 Å². The maximum absolute atomic E-state index is 17.3. The molecule has 0 radical (unpaired) electrons. The molecule has 0 bridgehead atoms. The van der Waals surface area contributed by atoms with E-state index in [1.54, 1.807) is 0 Å². The fourth-order valence-corrected chi connectivity index (χ4v) is 14.7. The quantitative estimate of drug-likeness (QED) is 0.178. The van der Waals surface area contributed by atoms with Crippen molar-refractivity contribution in [2.24, 2.45) is 0 Å². The monoisotopic (exact) mass is 682 g/mol. The molecule has 12 rings (SSSR count). The van der Waals surface area contributed by atoms with Gasteiger partial charge in [-0.25, -0.2) is 0 Å². The van der Waals surface area contributed by atoms with Crippen molar-refractivity contribution in [2.75, 3.05) is 0 Å². The molecule has 52 heavy (non-hydrogen) atoms. The van der Waals surface area contributed by atoms with Gasteiger partial charge >= 0.3 is 0 Å². The van der Waals surface area contributed by atoms with E-state index in [-0.39, 0.29) is 0 Å². The Morgan fingerprint density at radius 2 is 0.615 bits per heavy atom. The number of fused-ring (bicyclic) bond motifs is 16. The zero-order valence-corrected chi connectivity index (χ0v) is 28.8. The molecule has 0 N–H and O–H groups in total. The van der Waals surface area contributed by atoms with Crippen LogP contribution in [0.5, 0.6) is 0 Å². The Labute approximate surface area is 300 Å². The van der Waals surface area contributed by atoms with E-state index in [1.807, 2.05) is 12.1 Å². The lowest BCUT2D eigenvalue weighted by Gasteiger charge is -2.38. The Morgan fingerprint density at radius 1 is 0.308 bits per heavy atom. The summed E-state index contributed by atoms with van der Waals surface area (Å²) < 4.78 is 22.0. The molecule has 0 amide bonds. The van der Waals surface area contributed by atoms with Crippen molar-refractivity contribution in [3.05, 3.63) is 182 Å². The summed E-state index contributed by atoms with van der Waals surface area (Å²) in [5.74, 6) is 0. The summed E-state index contributed by atoms with van der Waals surface area (Å²) in [7, 11) is -4.01. The summed E-state index contributed by atoms with van der Waals surface area (Å²) in [5, 5.41) is 4.87. The number of nitrogens with zero attached hydrogens (tertiary/aromatic N) is 2. The van der Waals surface area contributed by atoms with Crippen molar-refractivity contribution >= 4 is 52.7 Å². The van der Waals surface area contributed by atoms with E-state index in [4.69, 9.17) is 0 Å². The molecule has 3 nitrogen and oxygen atoms in total. The van der Waals surface area contributed by atoms with Crippen molar-refractivity contribution in [3.8, 4) is 33.6 Å². The molecule has 0 saturated carbocycles. The van der Waals surface area contributed by atoms with Crippen LogP contribution in [0.25, 0.3) is 77.2 Å². The van der Waals surface area contributed by atoms with Crippen molar-refractivity contribution in [3.63, 3.8) is 0 Å². The Bertz CT molecular complexity index is 2940. The van der Waals surface area contributed by atoms with Gasteiger partial charge in [0.25, 0.3) is 0 Å². The molecule has 2 aromatic heterocycles. The average Bonchev–Trinajstić information content (AvgIpc) is 3.87. The first-order valence-corrected chi connectivity index (χ1v) is 19.7. The number of para-hydroxylation sites is 4. The van der Waals surface area contributed by atoms with Crippen LogP contribution in [0.15, 0.2) is 202 Å². The van der Waals surface area contributed by atoms with Gasteiger partial charge in [-0.05, 0) is 83.9 Å². The number of benzene rings is 8. The summed E-state index contributed by atoms with van der Waals surface area (Å²) in [6.07, 6.45) is 0. The third-order valence-electron chi connectivity index (χ3n) is 11.6. The molecular formula is C48H30N2OS. The predicted molar refractivity (Wildman–Crippen MR) is 214 cm³/mol. The van der Waals surface area contributed by atoms with Gasteiger partial charge in [-0.15, -0.1) is 0 Å². The fourth-order valence-electron chi connectivity index (χ4n) is 9.58. The van der Waals surface area contributed by atoms with Gasteiger partial charge in [0.15, 0.2) is 0 Å². The number of aromatic nitrogens is 2. The Balaban J connectivity index is 1.23. The van der Waals surface area contributed by atoms with Gasteiger partial charge in [-0.2, -0.15) is 0 Å². The molecule has 4 heteroatoms. The molecule has 1 spiro atoms. The van der Waals surface area contributed by atoms with Gasteiger partial charge in [0.2, 0.25) is 0 Å². The molecule has 244 valence electrons. The topological polar surface area (TPSA) is 26.9 Å². The third-order valence-corrected chi connectivity index (χ3v) is 16.4. The lowest BCUT2D eigenvalue weighted by Crippen LogP contribution is -2.30. The zero-order chi connectivity index (χ0) is 34.2. The largest absolute Gasteiger partial charge is 0.309 e. The summed E-state index contributed by atoms with van der Waals surface area (Å²) in [4.78, 5) is 3.56. The standard InChI is InChI=1S/C48H30N2OS/c51-52(45-23-11-5-17-37(45)38-18-6-12-24-46(38)52)47-27-25-31(49-41-19-7-1-13-33(41)34-14-2-8-20-42(34)49)29-39(47)40-30-32(26-28-48(40)52)50-43-21-9-3-15-35(43)36-16-4-10-22-44(36)50/h1-30H. The van der Waals surface area contributed by atoms with E-state index in [9.17, 15) is 0 Å². The van der Waals surface area contributed by atoms with Crippen LogP contribution < -0.4 is 0 Å². The molecule has 8 aromatic carbocycles. The molecule has 10 aromatic rings. The Kier molecular flexibility index (Phi) is 5.23. The van der Waals surface area contributed by atoms with E-state index >= 15 is 4.21 Å². The van der Waals surface area contributed by atoms with E-state index in [0.717, 1.165) is 75.3 Å². The number of rotatable bonds is 2. The number of hydrogen-bond acceptors (Lipinski definition) is 1. The molecular weight excluding hydrogens is 653 g/mol. The van der Waals surface area contributed by atoms with Gasteiger partial charge in [-0.3, -0.25) is 4.21 Å². The highest BCUT2D eigenvalue weighted by Crippen LogP contribution is 2.71. The Hall–Kier alpha value is -6.49.